The number of nitrogens with zero attached hydrogens (tertiary/aromatic N) is 1. The molecule has 1 heterocycles. The highest BCUT2D eigenvalue weighted by Gasteiger charge is 2.22. The molecule has 3 rings (SSSR count). The second kappa shape index (κ2) is 5.78. The van der Waals surface area contributed by atoms with Crippen LogP contribution in [-0.4, -0.2) is 20.2 Å². The lowest BCUT2D eigenvalue weighted by molar-refractivity contribution is 0.405. The van der Waals surface area contributed by atoms with E-state index in [9.17, 15) is 0 Å². The zero-order chi connectivity index (χ0) is 14.8. The Kier molecular flexibility index (Phi) is 3.84. The summed E-state index contributed by atoms with van der Waals surface area (Å²) in [5.74, 6) is 0.876. The number of methoxy groups -OCH3 is 1. The Morgan fingerprint density at radius 1 is 1.24 bits per heavy atom. The number of benzene rings is 2. The molecule has 3 heteroatoms. The van der Waals surface area contributed by atoms with Crippen molar-refractivity contribution in [1.82, 2.24) is 0 Å². The standard InChI is InChI=1S/C18H22N2O/c1-13-7-8-18(21-2)15(11-13)16(19)12-20-10-9-14-5-3-4-6-17(14)20/h3-8,11,16H,9-10,12,19H2,1-2H3. The SMILES string of the molecule is COc1ccc(C)cc1C(N)CN1CCc2ccccc21. The second-order valence-electron chi connectivity index (χ2n) is 5.68. The van der Waals surface area contributed by atoms with Gasteiger partial charge in [-0.05, 0) is 31.0 Å². The molecule has 2 N–H and O–H groups in total. The van der Waals surface area contributed by atoms with Crippen molar-refractivity contribution in [2.45, 2.75) is 19.4 Å². The van der Waals surface area contributed by atoms with Crippen molar-refractivity contribution < 1.29 is 4.74 Å². The smallest absolute Gasteiger partial charge is 0.123 e. The van der Waals surface area contributed by atoms with Gasteiger partial charge in [0.2, 0.25) is 0 Å². The highest BCUT2D eigenvalue weighted by atomic mass is 16.5. The fourth-order valence-electron chi connectivity index (χ4n) is 3.08. The molecule has 0 radical (unpaired) electrons. The molecule has 1 atom stereocenters. The zero-order valence-electron chi connectivity index (χ0n) is 12.7. The largest absolute Gasteiger partial charge is 0.496 e. The Labute approximate surface area is 126 Å². The monoisotopic (exact) mass is 282 g/mol. The lowest BCUT2D eigenvalue weighted by atomic mass is 10.0. The third-order valence-electron chi connectivity index (χ3n) is 4.19. The fourth-order valence-corrected chi connectivity index (χ4v) is 3.08. The number of para-hydroxylation sites is 1. The van der Waals surface area contributed by atoms with Gasteiger partial charge >= 0.3 is 0 Å². The second-order valence-corrected chi connectivity index (χ2v) is 5.68. The topological polar surface area (TPSA) is 38.5 Å². The predicted octanol–water partition coefficient (Wildman–Crippen LogP) is 3.07. The van der Waals surface area contributed by atoms with E-state index in [1.54, 1.807) is 7.11 Å². The number of ether oxygens (including phenoxy) is 1. The van der Waals surface area contributed by atoms with Gasteiger partial charge in [-0.15, -0.1) is 0 Å². The molecule has 0 aliphatic carbocycles. The molecule has 1 unspecified atom stereocenters. The van der Waals surface area contributed by atoms with E-state index in [-0.39, 0.29) is 6.04 Å². The first-order valence-electron chi connectivity index (χ1n) is 7.42. The van der Waals surface area contributed by atoms with Crippen molar-refractivity contribution in [2.75, 3.05) is 25.1 Å². The van der Waals surface area contributed by atoms with Gasteiger partial charge in [-0.25, -0.2) is 0 Å². The van der Waals surface area contributed by atoms with E-state index in [1.807, 2.05) is 6.07 Å². The Hall–Kier alpha value is -2.00. The Morgan fingerprint density at radius 3 is 2.86 bits per heavy atom. The van der Waals surface area contributed by atoms with Crippen molar-refractivity contribution in [3.8, 4) is 5.75 Å². The molecule has 1 aliphatic heterocycles. The summed E-state index contributed by atoms with van der Waals surface area (Å²) < 4.78 is 5.46. The number of nitrogens with two attached hydrogens (primary N) is 1. The van der Waals surface area contributed by atoms with Crippen LogP contribution in [0.2, 0.25) is 0 Å². The van der Waals surface area contributed by atoms with Gasteiger partial charge in [0.05, 0.1) is 13.2 Å². The van der Waals surface area contributed by atoms with Crippen LogP contribution in [0.25, 0.3) is 0 Å². The first-order chi connectivity index (χ1) is 10.2. The maximum Gasteiger partial charge on any atom is 0.123 e. The van der Waals surface area contributed by atoms with Crippen molar-refractivity contribution in [3.63, 3.8) is 0 Å². The summed E-state index contributed by atoms with van der Waals surface area (Å²) in [6.07, 6.45) is 1.11. The van der Waals surface area contributed by atoms with E-state index in [1.165, 1.54) is 16.8 Å². The fraction of sp³-hybridized carbons (Fsp3) is 0.333. The van der Waals surface area contributed by atoms with Gasteiger partial charge < -0.3 is 15.4 Å². The van der Waals surface area contributed by atoms with Gasteiger partial charge in [0.1, 0.15) is 5.75 Å². The van der Waals surface area contributed by atoms with E-state index < -0.39 is 0 Å². The van der Waals surface area contributed by atoms with Gasteiger partial charge in [-0.2, -0.15) is 0 Å². The molecule has 3 nitrogen and oxygen atoms in total. The lowest BCUT2D eigenvalue weighted by Gasteiger charge is -2.25. The normalized spacial score (nSPS) is 14.9. The number of hydrogen-bond donors (Lipinski definition) is 1. The van der Waals surface area contributed by atoms with Crippen LogP contribution in [0.3, 0.4) is 0 Å². The summed E-state index contributed by atoms with van der Waals surface area (Å²) in [6, 6.07) is 14.7. The summed E-state index contributed by atoms with van der Waals surface area (Å²) in [6.45, 7) is 3.94. The lowest BCUT2D eigenvalue weighted by Crippen LogP contribution is -2.31. The highest BCUT2D eigenvalue weighted by Crippen LogP contribution is 2.31. The molecule has 21 heavy (non-hydrogen) atoms. The van der Waals surface area contributed by atoms with Crippen molar-refractivity contribution in [1.29, 1.82) is 0 Å². The molecular formula is C18H22N2O. The summed E-state index contributed by atoms with van der Waals surface area (Å²) in [7, 11) is 1.70. The predicted molar refractivity (Wildman–Crippen MR) is 87.0 cm³/mol. The number of rotatable bonds is 4. The van der Waals surface area contributed by atoms with E-state index >= 15 is 0 Å². The van der Waals surface area contributed by atoms with Crippen molar-refractivity contribution in [2.24, 2.45) is 5.73 Å². The first-order valence-corrected chi connectivity index (χ1v) is 7.42. The van der Waals surface area contributed by atoms with Crippen LogP contribution in [0.1, 0.15) is 22.7 Å². The van der Waals surface area contributed by atoms with Crippen molar-refractivity contribution >= 4 is 5.69 Å². The van der Waals surface area contributed by atoms with Gasteiger partial charge in [-0.3, -0.25) is 0 Å². The molecule has 0 saturated carbocycles. The molecule has 2 aromatic carbocycles. The zero-order valence-corrected chi connectivity index (χ0v) is 12.7. The molecule has 2 aromatic rings. The molecular weight excluding hydrogens is 260 g/mol. The van der Waals surface area contributed by atoms with Crippen LogP contribution in [0.5, 0.6) is 5.75 Å². The Bertz CT molecular complexity index is 639. The highest BCUT2D eigenvalue weighted by molar-refractivity contribution is 5.58. The van der Waals surface area contributed by atoms with Gasteiger partial charge in [-0.1, -0.05) is 35.9 Å². The molecule has 110 valence electrons. The summed E-state index contributed by atoms with van der Waals surface area (Å²) in [5, 5.41) is 0. The quantitative estimate of drug-likeness (QED) is 0.936. The number of anilines is 1. The number of fused-ring (bicyclic) bond motifs is 1. The van der Waals surface area contributed by atoms with Gasteiger partial charge in [0.25, 0.3) is 0 Å². The van der Waals surface area contributed by atoms with Crippen LogP contribution in [0, 0.1) is 6.92 Å². The molecule has 0 aromatic heterocycles. The number of hydrogen-bond acceptors (Lipinski definition) is 3. The van der Waals surface area contributed by atoms with E-state index in [2.05, 4.69) is 48.2 Å². The molecule has 0 amide bonds. The third kappa shape index (κ3) is 2.74. The van der Waals surface area contributed by atoms with E-state index in [4.69, 9.17) is 10.5 Å². The average molecular weight is 282 g/mol. The summed E-state index contributed by atoms with van der Waals surface area (Å²) in [4.78, 5) is 2.38. The first kappa shape index (κ1) is 14.0. The van der Waals surface area contributed by atoms with E-state index in [0.717, 1.165) is 30.8 Å². The minimum atomic E-state index is -0.0500. The minimum Gasteiger partial charge on any atom is -0.496 e. The maximum atomic E-state index is 6.46. The van der Waals surface area contributed by atoms with Crippen LogP contribution in [-0.2, 0) is 6.42 Å². The molecule has 0 spiro atoms. The van der Waals surface area contributed by atoms with Crippen LogP contribution in [0.15, 0.2) is 42.5 Å². The average Bonchev–Trinajstić information content (AvgIpc) is 2.90. The molecule has 0 bridgehead atoms. The summed E-state index contributed by atoms with van der Waals surface area (Å²) in [5.41, 5.74) is 11.5. The van der Waals surface area contributed by atoms with Gasteiger partial charge in [0.15, 0.2) is 0 Å². The molecule has 0 saturated heterocycles. The molecule has 0 fully saturated rings. The van der Waals surface area contributed by atoms with Crippen LogP contribution in [0.4, 0.5) is 5.69 Å². The molecule has 1 aliphatic rings. The van der Waals surface area contributed by atoms with Gasteiger partial charge in [0, 0.05) is 24.3 Å². The van der Waals surface area contributed by atoms with E-state index in [0.29, 0.717) is 0 Å². The van der Waals surface area contributed by atoms with Crippen LogP contribution >= 0.6 is 0 Å². The Balaban J connectivity index is 1.82. The Morgan fingerprint density at radius 2 is 2.05 bits per heavy atom. The third-order valence-corrected chi connectivity index (χ3v) is 4.19. The number of aryl methyl sites for hydroxylation is 1. The summed E-state index contributed by atoms with van der Waals surface area (Å²) >= 11 is 0. The maximum absolute atomic E-state index is 6.46. The van der Waals surface area contributed by atoms with Crippen LogP contribution < -0.4 is 15.4 Å². The minimum absolute atomic E-state index is 0.0500. The van der Waals surface area contributed by atoms with Crippen molar-refractivity contribution in [3.05, 3.63) is 59.2 Å².